The van der Waals surface area contributed by atoms with Crippen LogP contribution in [0.25, 0.3) is 11.2 Å². The number of aromatic amines is 1. The van der Waals surface area contributed by atoms with E-state index in [4.69, 9.17) is 0 Å². The second-order valence-corrected chi connectivity index (χ2v) is 7.75. The first kappa shape index (κ1) is 15.1. The highest BCUT2D eigenvalue weighted by Crippen LogP contribution is 2.73. The first-order valence-electron chi connectivity index (χ1n) is 9.35. The number of ketones is 1. The lowest BCUT2D eigenvalue weighted by Crippen LogP contribution is -2.40. The Bertz CT molecular complexity index is 1010. The number of carbonyl (C=O) groups is 1. The van der Waals surface area contributed by atoms with Crippen LogP contribution in [-0.2, 0) is 17.9 Å². The summed E-state index contributed by atoms with van der Waals surface area (Å²) < 4.78 is 2.91. The minimum atomic E-state index is -0.294. The minimum Gasteiger partial charge on any atom is -0.336 e. The van der Waals surface area contributed by atoms with Crippen LogP contribution in [0.2, 0.25) is 0 Å². The predicted molar refractivity (Wildman–Crippen MR) is 91.5 cm³/mol. The van der Waals surface area contributed by atoms with E-state index in [1.54, 1.807) is 4.57 Å². The van der Waals surface area contributed by atoms with Gasteiger partial charge in [-0.15, -0.1) is 0 Å². The number of nitrogens with one attached hydrogen (secondary N) is 1. The van der Waals surface area contributed by atoms with E-state index in [1.807, 2.05) is 13.8 Å². The third kappa shape index (κ3) is 1.76. The molecule has 5 atom stereocenters. The van der Waals surface area contributed by atoms with Gasteiger partial charge in [0.05, 0.1) is 0 Å². The summed E-state index contributed by atoms with van der Waals surface area (Å²) in [6.07, 6.45) is 2.48. The van der Waals surface area contributed by atoms with Gasteiger partial charge < -0.3 is 4.98 Å². The summed E-state index contributed by atoms with van der Waals surface area (Å²) in [6.45, 7) is 4.89. The highest BCUT2D eigenvalue weighted by Gasteiger charge is 2.74. The van der Waals surface area contributed by atoms with Gasteiger partial charge in [-0.05, 0) is 31.1 Å². The molecule has 1 N–H and O–H groups in total. The Labute approximate surface area is 144 Å². The van der Waals surface area contributed by atoms with Crippen molar-refractivity contribution in [2.75, 3.05) is 0 Å². The molecule has 7 heteroatoms. The van der Waals surface area contributed by atoms with Gasteiger partial charge in [0.2, 0.25) is 0 Å². The molecule has 4 aliphatic rings. The number of aromatic nitrogens is 4. The number of Topliss-reactive ketones (excluding diaryl/α,β-unsaturated/α-hetero) is 1. The SMILES string of the molecule is CCCn1c(=O)c2[nH]c(C3C4C5C(=O)[C@H]3C[C@@H]54)nc2n(CCC)c1=O. The first-order chi connectivity index (χ1) is 12.1. The second-order valence-electron chi connectivity index (χ2n) is 7.75. The van der Waals surface area contributed by atoms with E-state index >= 15 is 0 Å². The van der Waals surface area contributed by atoms with Crippen LogP contribution in [0.4, 0.5) is 0 Å². The maximum atomic E-state index is 12.8. The van der Waals surface area contributed by atoms with Crippen LogP contribution < -0.4 is 11.2 Å². The lowest BCUT2D eigenvalue weighted by molar-refractivity contribution is -0.121. The smallest absolute Gasteiger partial charge is 0.332 e. The molecule has 25 heavy (non-hydrogen) atoms. The molecule has 0 spiro atoms. The van der Waals surface area contributed by atoms with Gasteiger partial charge in [0.25, 0.3) is 5.56 Å². The van der Waals surface area contributed by atoms with Crippen molar-refractivity contribution in [1.82, 2.24) is 19.1 Å². The molecule has 4 saturated carbocycles. The Balaban J connectivity index is 1.70. The van der Waals surface area contributed by atoms with Crippen molar-refractivity contribution < 1.29 is 4.79 Å². The van der Waals surface area contributed by atoms with Crippen molar-refractivity contribution in [2.24, 2.45) is 23.7 Å². The molecule has 6 rings (SSSR count). The van der Waals surface area contributed by atoms with E-state index in [2.05, 4.69) is 9.97 Å². The van der Waals surface area contributed by atoms with Crippen LogP contribution in [0.5, 0.6) is 0 Å². The summed E-state index contributed by atoms with van der Waals surface area (Å²) in [7, 11) is 0. The standard InChI is InChI=1S/C18H22N4O3/c1-3-5-21-16-13(17(24)22(6-4-2)18(21)25)19-15(20-16)12-9-7-8-10(12)11(8)14(9)23/h8-12H,3-7H2,1-2H3,(H,19,20)/t8-,9+,10?,11?,12?/m1/s1. The van der Waals surface area contributed by atoms with Crippen molar-refractivity contribution in [3.05, 3.63) is 26.7 Å². The van der Waals surface area contributed by atoms with E-state index in [9.17, 15) is 14.4 Å². The molecule has 0 radical (unpaired) electrons. The zero-order chi connectivity index (χ0) is 17.5. The molecule has 0 amide bonds. The molecule has 2 aromatic rings. The number of H-pyrrole nitrogens is 1. The van der Waals surface area contributed by atoms with Gasteiger partial charge in [-0.1, -0.05) is 13.8 Å². The fraction of sp³-hybridized carbons (Fsp3) is 0.667. The van der Waals surface area contributed by atoms with Crippen LogP contribution in [-0.4, -0.2) is 24.9 Å². The fourth-order valence-electron chi connectivity index (χ4n) is 5.40. The summed E-state index contributed by atoms with van der Waals surface area (Å²) in [5.41, 5.74) is 0.283. The summed E-state index contributed by atoms with van der Waals surface area (Å²) >= 11 is 0. The van der Waals surface area contributed by atoms with Gasteiger partial charge in [-0.2, -0.15) is 0 Å². The van der Waals surface area contributed by atoms with Gasteiger partial charge in [0.15, 0.2) is 5.65 Å². The Morgan fingerprint density at radius 3 is 2.36 bits per heavy atom. The van der Waals surface area contributed by atoms with E-state index < -0.39 is 0 Å². The largest absolute Gasteiger partial charge is 0.336 e. The molecule has 4 fully saturated rings. The maximum absolute atomic E-state index is 12.8. The zero-order valence-electron chi connectivity index (χ0n) is 14.5. The van der Waals surface area contributed by atoms with Crippen LogP contribution in [0.3, 0.4) is 0 Å². The summed E-state index contributed by atoms with van der Waals surface area (Å²) in [4.78, 5) is 45.6. The lowest BCUT2D eigenvalue weighted by Gasteiger charge is -2.09. The van der Waals surface area contributed by atoms with Gasteiger partial charge in [-0.3, -0.25) is 18.7 Å². The van der Waals surface area contributed by atoms with Crippen LogP contribution >= 0.6 is 0 Å². The topological polar surface area (TPSA) is 89.8 Å². The third-order valence-electron chi connectivity index (χ3n) is 6.39. The monoisotopic (exact) mass is 342 g/mol. The summed E-state index contributed by atoms with van der Waals surface area (Å²) in [6, 6.07) is 0. The van der Waals surface area contributed by atoms with Crippen molar-refractivity contribution in [1.29, 1.82) is 0 Å². The molecule has 0 saturated heterocycles. The zero-order valence-corrected chi connectivity index (χ0v) is 14.5. The molecule has 3 unspecified atom stereocenters. The number of fused-ring (bicyclic) bond motifs is 1. The Kier molecular flexibility index (Phi) is 2.98. The molecule has 4 bridgehead atoms. The number of carbonyl (C=O) groups excluding carboxylic acids is 1. The van der Waals surface area contributed by atoms with E-state index in [0.29, 0.717) is 41.9 Å². The number of imidazole rings is 1. The molecular weight excluding hydrogens is 320 g/mol. The number of aryl methyl sites for hydroxylation is 1. The molecule has 0 aromatic carbocycles. The third-order valence-corrected chi connectivity index (χ3v) is 6.39. The van der Waals surface area contributed by atoms with Gasteiger partial charge >= 0.3 is 5.69 Å². The van der Waals surface area contributed by atoms with Crippen molar-refractivity contribution in [3.63, 3.8) is 0 Å². The van der Waals surface area contributed by atoms with E-state index in [0.717, 1.165) is 25.1 Å². The number of nitrogens with zero attached hydrogens (tertiary/aromatic N) is 3. The van der Waals surface area contributed by atoms with Gasteiger partial charge in [0.1, 0.15) is 17.1 Å². The van der Waals surface area contributed by atoms with Crippen LogP contribution in [0.15, 0.2) is 9.59 Å². The highest BCUT2D eigenvalue weighted by atomic mass is 16.2. The summed E-state index contributed by atoms with van der Waals surface area (Å²) in [5.74, 6) is 2.46. The molecular formula is C18H22N4O3. The molecule has 7 nitrogen and oxygen atoms in total. The van der Waals surface area contributed by atoms with Gasteiger partial charge in [0, 0.05) is 30.8 Å². The number of hydrogen-bond donors (Lipinski definition) is 1. The molecule has 2 heterocycles. The number of rotatable bonds is 5. The van der Waals surface area contributed by atoms with Crippen LogP contribution in [0, 0.1) is 23.7 Å². The molecule has 0 aliphatic heterocycles. The van der Waals surface area contributed by atoms with Crippen molar-refractivity contribution in [2.45, 2.75) is 52.1 Å². The van der Waals surface area contributed by atoms with E-state index in [-0.39, 0.29) is 29.0 Å². The van der Waals surface area contributed by atoms with E-state index in [1.165, 1.54) is 4.57 Å². The molecule has 4 aliphatic carbocycles. The molecule has 132 valence electrons. The molecule has 2 aromatic heterocycles. The average Bonchev–Trinajstić information content (AvgIpc) is 2.97. The fourth-order valence-corrected chi connectivity index (χ4v) is 5.40. The summed E-state index contributed by atoms with van der Waals surface area (Å²) in [5, 5.41) is 0. The second kappa shape index (κ2) is 4.93. The highest BCUT2D eigenvalue weighted by molar-refractivity contribution is 5.94. The van der Waals surface area contributed by atoms with Crippen molar-refractivity contribution in [3.8, 4) is 0 Å². The Hall–Kier alpha value is -2.18. The minimum absolute atomic E-state index is 0.0600. The first-order valence-corrected chi connectivity index (χ1v) is 9.35. The van der Waals surface area contributed by atoms with Crippen molar-refractivity contribution >= 4 is 16.9 Å². The van der Waals surface area contributed by atoms with Crippen LogP contribution in [0.1, 0.15) is 44.9 Å². The van der Waals surface area contributed by atoms with Gasteiger partial charge in [-0.25, -0.2) is 9.78 Å². The predicted octanol–water partition coefficient (Wildman–Crippen LogP) is 1.25. The Morgan fingerprint density at radius 2 is 1.80 bits per heavy atom. The number of hydrogen-bond acceptors (Lipinski definition) is 4. The quantitative estimate of drug-likeness (QED) is 0.886. The average molecular weight is 342 g/mol. The Morgan fingerprint density at radius 1 is 1.08 bits per heavy atom. The normalized spacial score (nSPS) is 32.1. The maximum Gasteiger partial charge on any atom is 0.332 e. The lowest BCUT2D eigenvalue weighted by atomic mass is 9.97.